The van der Waals surface area contributed by atoms with Gasteiger partial charge in [-0.2, -0.15) is 0 Å². The van der Waals surface area contributed by atoms with Gasteiger partial charge in [-0.1, -0.05) is 17.7 Å². The molecule has 1 saturated heterocycles. The standard InChI is InChI=1S/C21H24ClN5O/c1-15-5-3-6-18(23-15)14-25-9-4-10-26(12-11-25)21(28)20-16(2)24-19-8-7-17(22)13-27(19)20/h3,5-8,13H,4,9-12,14H2,1-2H3. The summed E-state index contributed by atoms with van der Waals surface area (Å²) in [5.74, 6) is 0.0165. The van der Waals surface area contributed by atoms with E-state index in [2.05, 4.69) is 20.9 Å². The van der Waals surface area contributed by atoms with Crippen LogP contribution in [0.5, 0.6) is 0 Å². The summed E-state index contributed by atoms with van der Waals surface area (Å²) < 4.78 is 1.80. The number of pyridine rings is 2. The van der Waals surface area contributed by atoms with Crippen LogP contribution in [-0.4, -0.2) is 56.3 Å². The van der Waals surface area contributed by atoms with Gasteiger partial charge in [0.2, 0.25) is 0 Å². The lowest BCUT2D eigenvalue weighted by atomic mass is 10.3. The number of hydrogen-bond acceptors (Lipinski definition) is 4. The molecule has 4 rings (SSSR count). The summed E-state index contributed by atoms with van der Waals surface area (Å²) in [5.41, 5.74) is 4.19. The van der Waals surface area contributed by atoms with Crippen LogP contribution in [0.25, 0.3) is 5.65 Å². The second-order valence-electron chi connectivity index (χ2n) is 7.31. The number of nitrogens with zero attached hydrogens (tertiary/aromatic N) is 5. The van der Waals surface area contributed by atoms with Gasteiger partial charge in [0.25, 0.3) is 5.91 Å². The van der Waals surface area contributed by atoms with E-state index in [1.165, 1.54) is 0 Å². The molecule has 3 aromatic rings. The first kappa shape index (κ1) is 18.9. The normalized spacial score (nSPS) is 15.8. The average Bonchev–Trinajstić information content (AvgIpc) is 2.82. The molecule has 3 aromatic heterocycles. The molecule has 0 radical (unpaired) electrons. The molecule has 0 aliphatic carbocycles. The third-order valence-corrected chi connectivity index (χ3v) is 5.39. The molecule has 146 valence electrons. The average molecular weight is 398 g/mol. The Labute approximate surface area is 169 Å². The monoisotopic (exact) mass is 397 g/mol. The zero-order valence-electron chi connectivity index (χ0n) is 16.2. The van der Waals surface area contributed by atoms with Gasteiger partial charge in [-0.05, 0) is 44.5 Å². The number of rotatable bonds is 3. The fourth-order valence-corrected chi connectivity index (χ4v) is 3.95. The maximum Gasteiger partial charge on any atom is 0.272 e. The first-order valence-corrected chi connectivity index (χ1v) is 9.97. The first-order chi connectivity index (χ1) is 13.5. The summed E-state index contributed by atoms with van der Waals surface area (Å²) in [7, 11) is 0. The van der Waals surface area contributed by atoms with Crippen LogP contribution < -0.4 is 0 Å². The molecule has 0 atom stereocenters. The molecular formula is C21H24ClN5O. The van der Waals surface area contributed by atoms with Crippen LogP contribution in [-0.2, 0) is 6.54 Å². The van der Waals surface area contributed by atoms with E-state index >= 15 is 0 Å². The van der Waals surface area contributed by atoms with E-state index < -0.39 is 0 Å². The third-order valence-electron chi connectivity index (χ3n) is 5.17. The highest BCUT2D eigenvalue weighted by Gasteiger charge is 2.25. The summed E-state index contributed by atoms with van der Waals surface area (Å²) in [6.07, 6.45) is 2.70. The molecular weight excluding hydrogens is 374 g/mol. The topological polar surface area (TPSA) is 53.7 Å². The van der Waals surface area contributed by atoms with Crippen molar-refractivity contribution in [2.24, 2.45) is 0 Å². The van der Waals surface area contributed by atoms with Gasteiger partial charge in [-0.15, -0.1) is 0 Å². The summed E-state index contributed by atoms with van der Waals surface area (Å²) >= 11 is 6.14. The Hall–Kier alpha value is -2.44. The number of hydrogen-bond donors (Lipinski definition) is 0. The molecule has 0 bridgehead atoms. The Morgan fingerprint density at radius 3 is 2.75 bits per heavy atom. The van der Waals surface area contributed by atoms with Gasteiger partial charge in [-0.25, -0.2) is 4.98 Å². The smallest absolute Gasteiger partial charge is 0.272 e. The number of amides is 1. The molecule has 1 fully saturated rings. The molecule has 0 aromatic carbocycles. The Kier molecular flexibility index (Phi) is 5.33. The molecule has 1 amide bonds. The van der Waals surface area contributed by atoms with Gasteiger partial charge >= 0.3 is 0 Å². The predicted molar refractivity (Wildman–Crippen MR) is 110 cm³/mol. The number of imidazole rings is 1. The third kappa shape index (κ3) is 3.88. The summed E-state index contributed by atoms with van der Waals surface area (Å²) in [5, 5.41) is 0.589. The van der Waals surface area contributed by atoms with E-state index in [9.17, 15) is 4.79 Å². The lowest BCUT2D eigenvalue weighted by molar-refractivity contribution is 0.0753. The number of aryl methyl sites for hydroxylation is 2. The molecule has 0 N–H and O–H groups in total. The van der Waals surface area contributed by atoms with E-state index in [-0.39, 0.29) is 5.91 Å². The van der Waals surface area contributed by atoms with Crippen molar-refractivity contribution in [1.29, 1.82) is 0 Å². The van der Waals surface area contributed by atoms with E-state index in [0.29, 0.717) is 17.3 Å². The van der Waals surface area contributed by atoms with Crippen molar-refractivity contribution in [3.63, 3.8) is 0 Å². The summed E-state index contributed by atoms with van der Waals surface area (Å²) in [4.78, 5) is 26.7. The molecule has 6 nitrogen and oxygen atoms in total. The number of halogens is 1. The Morgan fingerprint density at radius 2 is 1.93 bits per heavy atom. The van der Waals surface area contributed by atoms with Gasteiger partial charge in [0.05, 0.1) is 16.4 Å². The SMILES string of the molecule is Cc1cccc(CN2CCCN(C(=O)c3c(C)nc4ccc(Cl)cn34)CC2)n1. The minimum absolute atomic E-state index is 0.0165. The highest BCUT2D eigenvalue weighted by atomic mass is 35.5. The van der Waals surface area contributed by atoms with Crippen molar-refractivity contribution in [3.8, 4) is 0 Å². The Balaban J connectivity index is 1.49. The molecule has 4 heterocycles. The van der Waals surface area contributed by atoms with Gasteiger partial charge < -0.3 is 4.90 Å². The lowest BCUT2D eigenvalue weighted by Gasteiger charge is -2.22. The minimum Gasteiger partial charge on any atom is -0.336 e. The van der Waals surface area contributed by atoms with Crippen LogP contribution in [0.1, 0.15) is 34.0 Å². The van der Waals surface area contributed by atoms with Crippen LogP contribution >= 0.6 is 11.6 Å². The second kappa shape index (κ2) is 7.89. The summed E-state index contributed by atoms with van der Waals surface area (Å²) in [6, 6.07) is 9.75. The number of carbonyl (C=O) groups is 1. The van der Waals surface area contributed by atoms with E-state index in [0.717, 1.165) is 55.3 Å². The van der Waals surface area contributed by atoms with Crippen LogP contribution in [0.15, 0.2) is 36.5 Å². The zero-order valence-corrected chi connectivity index (χ0v) is 17.0. The quantitative estimate of drug-likeness (QED) is 0.680. The zero-order chi connectivity index (χ0) is 19.7. The first-order valence-electron chi connectivity index (χ1n) is 9.59. The van der Waals surface area contributed by atoms with Gasteiger partial charge in [-0.3, -0.25) is 19.1 Å². The van der Waals surface area contributed by atoms with Crippen LogP contribution in [0, 0.1) is 13.8 Å². The van der Waals surface area contributed by atoms with Crippen molar-refractivity contribution < 1.29 is 4.79 Å². The minimum atomic E-state index is 0.0165. The van der Waals surface area contributed by atoms with Crippen molar-refractivity contribution >= 4 is 23.2 Å². The molecule has 7 heteroatoms. The van der Waals surface area contributed by atoms with Crippen molar-refractivity contribution in [2.45, 2.75) is 26.8 Å². The molecule has 28 heavy (non-hydrogen) atoms. The van der Waals surface area contributed by atoms with E-state index in [1.54, 1.807) is 16.7 Å². The maximum atomic E-state index is 13.3. The second-order valence-corrected chi connectivity index (χ2v) is 7.75. The Morgan fingerprint density at radius 1 is 1.07 bits per heavy atom. The van der Waals surface area contributed by atoms with E-state index in [4.69, 9.17) is 11.6 Å². The van der Waals surface area contributed by atoms with Crippen molar-refractivity contribution in [3.05, 3.63) is 64.3 Å². The largest absolute Gasteiger partial charge is 0.336 e. The van der Waals surface area contributed by atoms with Crippen molar-refractivity contribution in [1.82, 2.24) is 24.2 Å². The van der Waals surface area contributed by atoms with Crippen LogP contribution in [0.3, 0.4) is 0 Å². The highest BCUT2D eigenvalue weighted by Crippen LogP contribution is 2.19. The fourth-order valence-electron chi connectivity index (χ4n) is 3.79. The van der Waals surface area contributed by atoms with Gasteiger partial charge in [0.15, 0.2) is 0 Å². The van der Waals surface area contributed by atoms with Gasteiger partial charge in [0.1, 0.15) is 11.3 Å². The molecule has 0 unspecified atom stereocenters. The predicted octanol–water partition coefficient (Wildman–Crippen LogP) is 3.35. The number of aromatic nitrogens is 3. The molecule has 1 aliphatic heterocycles. The van der Waals surface area contributed by atoms with E-state index in [1.807, 2.05) is 36.9 Å². The summed E-state index contributed by atoms with van der Waals surface area (Å²) in [6.45, 7) is 7.92. The number of carbonyl (C=O) groups excluding carboxylic acids is 1. The van der Waals surface area contributed by atoms with Gasteiger partial charge in [0, 0.05) is 44.6 Å². The molecule has 1 aliphatic rings. The lowest BCUT2D eigenvalue weighted by Crippen LogP contribution is -2.36. The fraction of sp³-hybridized carbons (Fsp3) is 0.381. The van der Waals surface area contributed by atoms with Crippen molar-refractivity contribution in [2.75, 3.05) is 26.2 Å². The molecule has 0 spiro atoms. The van der Waals surface area contributed by atoms with Crippen LogP contribution in [0.4, 0.5) is 0 Å². The maximum absolute atomic E-state index is 13.3. The van der Waals surface area contributed by atoms with Crippen LogP contribution in [0.2, 0.25) is 5.02 Å². The molecule has 0 saturated carbocycles. The number of fused-ring (bicyclic) bond motifs is 1. The Bertz CT molecular complexity index is 1020. The highest BCUT2D eigenvalue weighted by molar-refractivity contribution is 6.30.